The van der Waals surface area contributed by atoms with Gasteiger partial charge in [-0.15, -0.1) is 15.9 Å². The van der Waals surface area contributed by atoms with E-state index in [1.54, 1.807) is 0 Å². The first-order chi connectivity index (χ1) is 10.2. The summed E-state index contributed by atoms with van der Waals surface area (Å²) in [4.78, 5) is 67.7. The summed E-state index contributed by atoms with van der Waals surface area (Å²) < 4.78 is 10.6. The van der Waals surface area contributed by atoms with Crippen molar-refractivity contribution >= 4 is 15.9 Å². The Kier molecular flexibility index (Phi) is 9.02. The highest BCUT2D eigenvalue weighted by Crippen LogP contribution is 2.29. The van der Waals surface area contributed by atoms with Crippen molar-refractivity contribution in [2.24, 2.45) is 0 Å². The Balaban J connectivity index is 2.42. The van der Waals surface area contributed by atoms with Crippen LogP contribution in [0.1, 0.15) is 0 Å². The third-order valence-electron chi connectivity index (χ3n) is 2.95. The number of hydrogen-bond acceptors (Lipinski definition) is 10. The number of nitrogens with zero attached hydrogens (tertiary/aromatic N) is 2. The van der Waals surface area contributed by atoms with Gasteiger partial charge in [-0.2, -0.15) is 0 Å². The molecule has 1 heterocycles. The Labute approximate surface area is 130 Å². The summed E-state index contributed by atoms with van der Waals surface area (Å²) in [5.41, 5.74) is 0. The standard InChI is InChI=1S/C10H24N2O8P2/c13-21(14,15)9-11-1-5-19-7-3-12(10-22(16,17)18)4-8-20-6-2-11/h1-10H2,(H2,13,14,15)(H2,16,17,18)/p-4. The first-order valence-corrected chi connectivity index (χ1v) is 10.2. The van der Waals surface area contributed by atoms with E-state index in [4.69, 9.17) is 9.47 Å². The van der Waals surface area contributed by atoms with Gasteiger partial charge in [-0.1, -0.05) is 0 Å². The third-order valence-corrected chi connectivity index (χ3v) is 4.45. The second kappa shape index (κ2) is 9.68. The second-order valence-corrected chi connectivity index (χ2v) is 7.97. The topological polar surface area (TPSA) is 163 Å². The van der Waals surface area contributed by atoms with Crippen molar-refractivity contribution in [1.29, 1.82) is 0 Å². The van der Waals surface area contributed by atoms with Crippen molar-refractivity contribution in [2.45, 2.75) is 0 Å². The normalized spacial score (nSPS) is 22.1. The van der Waals surface area contributed by atoms with Gasteiger partial charge in [-0.05, 0) is 0 Å². The highest BCUT2D eigenvalue weighted by Gasteiger charge is 2.13. The average molecular weight is 358 g/mol. The Hall–Kier alpha value is 0.460. The minimum atomic E-state index is -4.64. The van der Waals surface area contributed by atoms with Crippen molar-refractivity contribution < 1.29 is 38.8 Å². The monoisotopic (exact) mass is 358 g/mol. The molecule has 0 aromatic rings. The number of hydrogen-bond donors (Lipinski definition) is 0. The molecule has 0 unspecified atom stereocenters. The zero-order valence-corrected chi connectivity index (χ0v) is 13.9. The van der Waals surface area contributed by atoms with Crippen LogP contribution in [0.3, 0.4) is 0 Å². The molecule has 0 aromatic carbocycles. The molecule has 0 saturated carbocycles. The molecule has 132 valence electrons. The van der Waals surface area contributed by atoms with Crippen molar-refractivity contribution in [2.75, 3.05) is 65.2 Å². The molecule has 10 nitrogen and oxygen atoms in total. The lowest BCUT2D eigenvalue weighted by Crippen LogP contribution is -2.45. The molecule has 0 bridgehead atoms. The zero-order chi connectivity index (χ0) is 16.6. The van der Waals surface area contributed by atoms with E-state index in [-0.39, 0.29) is 52.6 Å². The molecule has 0 amide bonds. The van der Waals surface area contributed by atoms with E-state index >= 15 is 0 Å². The molecular weight excluding hydrogens is 338 g/mol. The minimum absolute atomic E-state index is 0.195. The smallest absolute Gasteiger partial charge is 0.0944 e. The highest BCUT2D eigenvalue weighted by atomic mass is 31.2. The zero-order valence-electron chi connectivity index (χ0n) is 12.1. The van der Waals surface area contributed by atoms with Gasteiger partial charge in [-0.25, -0.2) is 0 Å². The van der Waals surface area contributed by atoms with Gasteiger partial charge in [0.25, 0.3) is 0 Å². The number of rotatable bonds is 4. The minimum Gasteiger partial charge on any atom is -0.687 e. The fourth-order valence-corrected chi connectivity index (χ4v) is 3.52. The summed E-state index contributed by atoms with van der Waals surface area (Å²) in [5.74, 6) is 0. The van der Waals surface area contributed by atoms with Crippen LogP contribution in [-0.4, -0.2) is 75.0 Å². The fourth-order valence-electron chi connectivity index (χ4n) is 1.98. The maximum atomic E-state index is 10.8. The van der Waals surface area contributed by atoms with Crippen molar-refractivity contribution in [3.8, 4) is 0 Å². The van der Waals surface area contributed by atoms with Gasteiger partial charge < -0.3 is 38.8 Å². The Bertz CT molecular complexity index is 270. The van der Waals surface area contributed by atoms with E-state index < -0.39 is 28.5 Å². The Morgan fingerprint density at radius 3 is 1.09 bits per heavy atom. The van der Waals surface area contributed by atoms with Crippen LogP contribution in [0.25, 0.3) is 0 Å². The van der Waals surface area contributed by atoms with Gasteiger partial charge in [0, 0.05) is 26.2 Å². The molecule has 1 saturated heterocycles. The number of ether oxygens (including phenoxy) is 2. The van der Waals surface area contributed by atoms with Crippen molar-refractivity contribution in [1.82, 2.24) is 9.80 Å². The Morgan fingerprint density at radius 2 is 0.864 bits per heavy atom. The van der Waals surface area contributed by atoms with Crippen LogP contribution in [-0.2, 0) is 9.47 Å². The lowest BCUT2D eigenvalue weighted by molar-refractivity contribution is -0.431. The SMILES string of the molecule is [O-][P+]([O-])([O-])CN1CCOCCN(C[P+]([O-])([O-])[O-])CCOCC1. The second-order valence-electron chi connectivity index (χ2n) is 4.97. The van der Waals surface area contributed by atoms with E-state index in [9.17, 15) is 29.4 Å². The first kappa shape index (κ1) is 20.5. The first-order valence-electron chi connectivity index (χ1n) is 6.78. The Morgan fingerprint density at radius 1 is 0.591 bits per heavy atom. The lowest BCUT2D eigenvalue weighted by Gasteiger charge is -2.45. The van der Waals surface area contributed by atoms with Crippen LogP contribution >= 0.6 is 15.9 Å². The maximum Gasteiger partial charge on any atom is 0.0944 e. The molecule has 1 rings (SSSR count). The fraction of sp³-hybridized carbons (Fsp3) is 1.00. The molecule has 0 aromatic heterocycles. The molecule has 1 aliphatic heterocycles. The van der Waals surface area contributed by atoms with Gasteiger partial charge in [0.1, 0.15) is 0 Å². The lowest BCUT2D eigenvalue weighted by atomic mass is 10.5. The summed E-state index contributed by atoms with van der Waals surface area (Å²) in [6.07, 6.45) is -1.16. The van der Waals surface area contributed by atoms with Crippen molar-refractivity contribution in [3.05, 3.63) is 0 Å². The molecule has 0 aliphatic carbocycles. The van der Waals surface area contributed by atoms with Gasteiger partial charge >= 0.3 is 0 Å². The molecule has 0 radical (unpaired) electrons. The van der Waals surface area contributed by atoms with Gasteiger partial charge in [0.15, 0.2) is 0 Å². The molecule has 0 atom stereocenters. The van der Waals surface area contributed by atoms with Gasteiger partial charge in [-0.3, -0.25) is 9.80 Å². The van der Waals surface area contributed by atoms with Crippen LogP contribution in [0.2, 0.25) is 0 Å². The van der Waals surface area contributed by atoms with E-state index in [0.717, 1.165) is 0 Å². The van der Waals surface area contributed by atoms with E-state index in [1.165, 1.54) is 9.80 Å². The predicted molar refractivity (Wildman–Crippen MR) is 68.4 cm³/mol. The quantitative estimate of drug-likeness (QED) is 0.442. The predicted octanol–water partition coefficient (Wildman–Crippen LogP) is -5.76. The van der Waals surface area contributed by atoms with Crippen LogP contribution in [0.15, 0.2) is 0 Å². The molecular formula is C10H20N2O8P2-4. The summed E-state index contributed by atoms with van der Waals surface area (Å²) in [7, 11) is -9.28. The van der Waals surface area contributed by atoms with Crippen molar-refractivity contribution in [3.63, 3.8) is 0 Å². The highest BCUT2D eigenvalue weighted by molar-refractivity contribution is 7.54. The summed E-state index contributed by atoms with van der Waals surface area (Å²) in [5, 5.41) is 0. The average Bonchev–Trinajstić information content (AvgIpc) is 2.31. The third kappa shape index (κ3) is 11.1. The van der Waals surface area contributed by atoms with Gasteiger partial charge in [0.05, 0.1) is 39.0 Å². The molecule has 0 spiro atoms. The molecule has 1 aliphatic rings. The molecule has 22 heavy (non-hydrogen) atoms. The largest absolute Gasteiger partial charge is 0.687 e. The molecule has 1 fully saturated rings. The van der Waals surface area contributed by atoms with Crippen LogP contribution in [0.5, 0.6) is 0 Å². The summed E-state index contributed by atoms with van der Waals surface area (Å²) >= 11 is 0. The summed E-state index contributed by atoms with van der Waals surface area (Å²) in [6.45, 7) is 1.78. The van der Waals surface area contributed by atoms with Crippen LogP contribution < -0.4 is 29.4 Å². The molecule has 12 heteroatoms. The van der Waals surface area contributed by atoms with Gasteiger partial charge in [0.2, 0.25) is 0 Å². The van der Waals surface area contributed by atoms with E-state index in [2.05, 4.69) is 0 Å². The van der Waals surface area contributed by atoms with E-state index in [1.807, 2.05) is 0 Å². The maximum absolute atomic E-state index is 10.8. The molecule has 0 N–H and O–H groups in total. The van der Waals surface area contributed by atoms with Crippen LogP contribution in [0, 0.1) is 0 Å². The van der Waals surface area contributed by atoms with E-state index in [0.29, 0.717) is 0 Å². The van der Waals surface area contributed by atoms with Crippen LogP contribution in [0.4, 0.5) is 0 Å². The summed E-state index contributed by atoms with van der Waals surface area (Å²) in [6, 6.07) is 0.